The van der Waals surface area contributed by atoms with Gasteiger partial charge in [0.2, 0.25) is 20.0 Å². The molecule has 0 spiro atoms. The normalized spacial score (nSPS) is 11.7. The number of hydrogen-bond donors (Lipinski definition) is 2. The van der Waals surface area contributed by atoms with Crippen LogP contribution in [0.5, 0.6) is 0 Å². The highest BCUT2D eigenvalue weighted by molar-refractivity contribution is 7.89. The molecule has 0 saturated heterocycles. The molecule has 0 atom stereocenters. The molecule has 49 heavy (non-hydrogen) atoms. The third-order valence-electron chi connectivity index (χ3n) is 6.93. The summed E-state index contributed by atoms with van der Waals surface area (Å²) >= 11 is 23.8. The average Bonchev–Trinajstić information content (AvgIpc) is 3.57. The van der Waals surface area contributed by atoms with E-state index in [1.165, 1.54) is 57.9 Å². The second kappa shape index (κ2) is 14.0. The van der Waals surface area contributed by atoms with Crippen molar-refractivity contribution in [3.05, 3.63) is 138 Å². The predicted molar refractivity (Wildman–Crippen MR) is 187 cm³/mol. The minimum Gasteiger partial charge on any atom is -0.415 e. The van der Waals surface area contributed by atoms with Gasteiger partial charge in [0.25, 0.3) is 0 Å². The molecule has 0 fully saturated rings. The molecule has 0 aliphatic heterocycles. The van der Waals surface area contributed by atoms with Crippen molar-refractivity contribution in [1.82, 2.24) is 9.13 Å². The molecule has 6 aromatic rings. The Hall–Kier alpha value is -4.12. The summed E-state index contributed by atoms with van der Waals surface area (Å²) in [5.41, 5.74) is 3.00. The van der Waals surface area contributed by atoms with Crippen LogP contribution in [-0.2, 0) is 20.0 Å². The van der Waals surface area contributed by atoms with Crippen LogP contribution in [0.3, 0.4) is 0 Å². The van der Waals surface area contributed by atoms with Crippen LogP contribution in [0.4, 0.5) is 0 Å². The van der Waals surface area contributed by atoms with E-state index in [1.54, 1.807) is 49.4 Å². The first-order chi connectivity index (χ1) is 23.0. The van der Waals surface area contributed by atoms with Gasteiger partial charge in [-0.15, -0.1) is 0 Å². The van der Waals surface area contributed by atoms with Crippen LogP contribution in [-0.4, -0.2) is 26.0 Å². The van der Waals surface area contributed by atoms with E-state index in [-0.39, 0.29) is 14.8 Å². The van der Waals surface area contributed by atoms with Crippen LogP contribution in [0.15, 0.2) is 119 Å². The number of primary sulfonamides is 2. The maximum atomic E-state index is 12.3. The second-order valence-electron chi connectivity index (χ2n) is 10.2. The van der Waals surface area contributed by atoms with Gasteiger partial charge in [0, 0.05) is 11.1 Å². The molecular formula is C31H22Cl4N4O8S2. The van der Waals surface area contributed by atoms with E-state index in [9.17, 15) is 26.4 Å². The fourth-order valence-corrected chi connectivity index (χ4v) is 6.27. The van der Waals surface area contributed by atoms with Crippen molar-refractivity contribution in [2.75, 3.05) is 0 Å². The predicted octanol–water partition coefficient (Wildman–Crippen LogP) is 6.41. The summed E-state index contributed by atoms with van der Waals surface area (Å²) in [5.74, 6) is -0.834. The Labute approximate surface area is 298 Å². The number of rotatable bonds is 6. The van der Waals surface area contributed by atoms with Gasteiger partial charge in [0.05, 0.1) is 52.6 Å². The lowest BCUT2D eigenvalue weighted by Crippen LogP contribution is -2.13. The van der Waals surface area contributed by atoms with Crippen LogP contribution in [0.2, 0.25) is 20.1 Å². The molecule has 0 bridgehead atoms. The van der Waals surface area contributed by atoms with Crippen molar-refractivity contribution in [2.45, 2.75) is 16.7 Å². The first kappa shape index (κ1) is 36.2. The molecule has 2 heterocycles. The fraction of sp³-hybridized carbons (Fsp3) is 0.0323. The molecule has 6 rings (SSSR count). The Kier molecular flexibility index (Phi) is 10.3. The lowest BCUT2D eigenvalue weighted by Gasteiger charge is -2.09. The summed E-state index contributed by atoms with van der Waals surface area (Å²) in [6.07, 6.45) is 1.27. The van der Waals surface area contributed by atoms with Crippen LogP contribution >= 0.6 is 46.4 Å². The Morgan fingerprint density at radius 2 is 1.04 bits per heavy atom. The van der Waals surface area contributed by atoms with Crippen molar-refractivity contribution in [3.8, 4) is 33.9 Å². The Balaban J connectivity index is 0.000000191. The fourth-order valence-electron chi connectivity index (χ4n) is 4.66. The summed E-state index contributed by atoms with van der Waals surface area (Å²) in [6, 6.07) is 21.0. The summed E-state index contributed by atoms with van der Waals surface area (Å²) in [5, 5.41) is 11.5. The van der Waals surface area contributed by atoms with Crippen LogP contribution < -0.4 is 21.8 Å². The SMILES string of the molecule is Cc1oc(=O)n(-c2ccc(Cl)c(Cl)c2)c1-c1ccc(S(N)(=O)=O)cc1.NS(=O)(=O)c1ccc(-c2coc(=O)n2-c2ccc(Cl)c(Cl)c2)cc1. The number of hydrogen-bond acceptors (Lipinski definition) is 8. The Morgan fingerprint density at radius 1 is 0.592 bits per heavy atom. The van der Waals surface area contributed by atoms with Crippen molar-refractivity contribution in [3.63, 3.8) is 0 Å². The molecule has 12 nitrogen and oxygen atoms in total. The first-order valence-corrected chi connectivity index (χ1v) is 18.2. The van der Waals surface area contributed by atoms with Gasteiger partial charge in [0.15, 0.2) is 0 Å². The molecule has 0 aliphatic carbocycles. The maximum absolute atomic E-state index is 12.3. The number of nitrogens with two attached hydrogens (primary N) is 2. The van der Waals surface area contributed by atoms with Gasteiger partial charge in [-0.2, -0.15) is 0 Å². The van der Waals surface area contributed by atoms with E-state index in [2.05, 4.69) is 0 Å². The first-order valence-electron chi connectivity index (χ1n) is 13.6. The van der Waals surface area contributed by atoms with Crippen LogP contribution in [0.1, 0.15) is 5.76 Å². The number of nitrogens with zero attached hydrogens (tertiary/aromatic N) is 2. The van der Waals surface area contributed by atoms with Gasteiger partial charge >= 0.3 is 11.5 Å². The van der Waals surface area contributed by atoms with E-state index in [0.29, 0.717) is 54.7 Å². The topological polar surface area (TPSA) is 191 Å². The minimum absolute atomic E-state index is 0.0270. The third kappa shape index (κ3) is 7.87. The van der Waals surface area contributed by atoms with Crippen LogP contribution in [0, 0.1) is 6.92 Å². The van der Waals surface area contributed by atoms with Gasteiger partial charge < -0.3 is 8.83 Å². The largest absolute Gasteiger partial charge is 0.424 e. The molecule has 18 heteroatoms. The lowest BCUT2D eigenvalue weighted by atomic mass is 10.1. The number of oxazole rings is 2. The van der Waals surface area contributed by atoms with E-state index in [1.807, 2.05) is 0 Å². The molecule has 0 amide bonds. The van der Waals surface area contributed by atoms with E-state index < -0.39 is 31.6 Å². The van der Waals surface area contributed by atoms with Crippen molar-refractivity contribution < 1.29 is 25.7 Å². The summed E-state index contributed by atoms with van der Waals surface area (Å²) in [4.78, 5) is 24.2. The van der Waals surface area contributed by atoms with Gasteiger partial charge in [-0.05, 0) is 67.6 Å². The summed E-state index contributed by atoms with van der Waals surface area (Å²) in [7, 11) is -7.60. The zero-order valence-corrected chi connectivity index (χ0v) is 29.5. The molecule has 4 aromatic carbocycles. The molecule has 254 valence electrons. The number of aryl methyl sites for hydroxylation is 1. The second-order valence-corrected chi connectivity index (χ2v) is 14.9. The standard InChI is InChI=1S/C16H12Cl2N2O4S.C15H10Cl2N2O4S/c1-9-15(10-2-5-12(6-3-10)25(19,22)23)20(16(21)24-9)11-4-7-13(17)14(18)8-11;16-12-6-3-10(7-13(12)17)19-14(8-23-15(19)20)9-1-4-11(5-2-9)24(18,21)22/h2-8H,1H3,(H2,19,22,23);1-8H,(H2,18,21,22). The number of sulfonamides is 2. The number of halogens is 4. The molecule has 2 aromatic heterocycles. The van der Waals surface area contributed by atoms with Gasteiger partial charge in [-0.25, -0.2) is 45.8 Å². The molecule has 0 saturated carbocycles. The lowest BCUT2D eigenvalue weighted by molar-refractivity contribution is 0.479. The molecule has 4 N–H and O–H groups in total. The quantitative estimate of drug-likeness (QED) is 0.194. The maximum Gasteiger partial charge on any atom is 0.424 e. The van der Waals surface area contributed by atoms with Gasteiger partial charge in [-0.1, -0.05) is 70.7 Å². The number of aromatic nitrogens is 2. The molecule has 0 aliphatic rings. The monoisotopic (exact) mass is 782 g/mol. The third-order valence-corrected chi connectivity index (χ3v) is 10.3. The zero-order valence-electron chi connectivity index (χ0n) is 24.8. The van der Waals surface area contributed by atoms with Gasteiger partial charge in [-0.3, -0.25) is 0 Å². The highest BCUT2D eigenvalue weighted by atomic mass is 35.5. The number of benzene rings is 4. The summed E-state index contributed by atoms with van der Waals surface area (Å²) in [6.45, 7) is 1.64. The minimum atomic E-state index is -3.80. The summed E-state index contributed by atoms with van der Waals surface area (Å²) < 4.78 is 58.2. The van der Waals surface area contributed by atoms with Crippen LogP contribution in [0.25, 0.3) is 33.9 Å². The molecule has 0 radical (unpaired) electrons. The molecule has 0 unspecified atom stereocenters. The molecular weight excluding hydrogens is 762 g/mol. The van der Waals surface area contributed by atoms with Gasteiger partial charge in [0.1, 0.15) is 12.0 Å². The van der Waals surface area contributed by atoms with E-state index in [4.69, 9.17) is 65.5 Å². The van der Waals surface area contributed by atoms with Crippen molar-refractivity contribution in [1.29, 1.82) is 0 Å². The average molecular weight is 784 g/mol. The smallest absolute Gasteiger partial charge is 0.415 e. The highest BCUT2D eigenvalue weighted by Crippen LogP contribution is 2.30. The van der Waals surface area contributed by atoms with E-state index >= 15 is 0 Å². The van der Waals surface area contributed by atoms with Crippen molar-refractivity contribution in [2.24, 2.45) is 10.3 Å². The van der Waals surface area contributed by atoms with E-state index in [0.717, 1.165) is 0 Å². The zero-order chi connectivity index (χ0) is 35.8. The Morgan fingerprint density at radius 3 is 1.49 bits per heavy atom. The highest BCUT2D eigenvalue weighted by Gasteiger charge is 2.19. The Bertz CT molecular complexity index is 2540. The van der Waals surface area contributed by atoms with Crippen molar-refractivity contribution >= 4 is 66.5 Å².